The molecular formula is C21H17ClF5NO3S. The minimum atomic E-state index is -5.65. The molecule has 0 saturated carbocycles. The minimum absolute atomic E-state index is 0.227. The molecule has 0 saturated heterocycles. The Bertz CT molecular complexity index is 1160. The van der Waals surface area contributed by atoms with E-state index < -0.39 is 29.2 Å². The van der Waals surface area contributed by atoms with Crippen LogP contribution < -0.4 is 4.74 Å². The number of aliphatic carboxylic acids is 1. The lowest BCUT2D eigenvalue weighted by Crippen LogP contribution is -2.32. The van der Waals surface area contributed by atoms with Crippen molar-refractivity contribution in [2.75, 3.05) is 7.11 Å². The molecule has 2 aromatic carbocycles. The summed E-state index contributed by atoms with van der Waals surface area (Å²) in [5, 5.41) is 5.36. The number of aromatic nitrogens is 1. The molecular weight excluding hydrogens is 477 g/mol. The number of methoxy groups -OCH3 is 1. The van der Waals surface area contributed by atoms with E-state index >= 15 is 0 Å². The van der Waals surface area contributed by atoms with Gasteiger partial charge in [-0.05, 0) is 54.1 Å². The molecule has 172 valence electrons. The number of hydrogen-bond acceptors (Lipinski definition) is 3. The van der Waals surface area contributed by atoms with E-state index in [4.69, 9.17) is 16.3 Å². The number of thioether (sulfide) groups is 1. The first-order valence-electron chi connectivity index (χ1n) is 9.13. The van der Waals surface area contributed by atoms with Crippen molar-refractivity contribution in [3.8, 4) is 5.75 Å². The fourth-order valence-corrected chi connectivity index (χ4v) is 4.25. The number of halogens is 6. The Morgan fingerprint density at radius 2 is 1.78 bits per heavy atom. The largest absolute Gasteiger partial charge is 0.495 e. The average molecular weight is 494 g/mol. The van der Waals surface area contributed by atoms with Crippen molar-refractivity contribution in [1.29, 1.82) is 0 Å². The summed E-state index contributed by atoms with van der Waals surface area (Å²) in [6, 6.07) is 8.56. The van der Waals surface area contributed by atoms with Gasteiger partial charge in [-0.1, -0.05) is 23.7 Å². The van der Waals surface area contributed by atoms with Gasteiger partial charge in [-0.3, -0.25) is 4.79 Å². The minimum Gasteiger partial charge on any atom is -0.495 e. The zero-order chi connectivity index (χ0) is 23.8. The van der Waals surface area contributed by atoms with E-state index in [1.807, 2.05) is 4.57 Å². The molecule has 0 amide bonds. The van der Waals surface area contributed by atoms with Crippen LogP contribution in [-0.4, -0.2) is 34.2 Å². The third-order valence-corrected chi connectivity index (χ3v) is 6.19. The van der Waals surface area contributed by atoms with Crippen molar-refractivity contribution < 1.29 is 36.6 Å². The molecule has 3 rings (SSSR count). The lowest BCUT2D eigenvalue weighted by molar-refractivity contribution is -0.237. The Hall–Kier alpha value is -2.46. The SMILES string of the molecule is COc1cc2c(CC(=O)O)c(C)n(Cc3ccc(SC(F)(F)C(F)(F)F)cc3)c2cc1Cl. The van der Waals surface area contributed by atoms with E-state index in [1.54, 1.807) is 19.1 Å². The molecule has 0 radical (unpaired) electrons. The maximum atomic E-state index is 13.3. The van der Waals surface area contributed by atoms with Crippen LogP contribution >= 0.6 is 23.4 Å². The maximum absolute atomic E-state index is 13.3. The highest BCUT2D eigenvalue weighted by Crippen LogP contribution is 2.47. The molecule has 32 heavy (non-hydrogen) atoms. The van der Waals surface area contributed by atoms with Crippen LogP contribution in [-0.2, 0) is 17.8 Å². The molecule has 0 aliphatic carbocycles. The molecule has 0 atom stereocenters. The second kappa shape index (κ2) is 8.82. The molecule has 0 aliphatic heterocycles. The van der Waals surface area contributed by atoms with Crippen molar-refractivity contribution in [2.45, 2.75) is 36.2 Å². The fourth-order valence-electron chi connectivity index (χ4n) is 3.33. The van der Waals surface area contributed by atoms with Crippen LogP contribution in [0.1, 0.15) is 16.8 Å². The lowest BCUT2D eigenvalue weighted by atomic mass is 10.1. The zero-order valence-electron chi connectivity index (χ0n) is 16.8. The molecule has 1 N–H and O–H groups in total. The predicted octanol–water partition coefficient (Wildman–Crippen LogP) is 6.53. The van der Waals surface area contributed by atoms with Crippen LogP contribution in [0.15, 0.2) is 41.3 Å². The molecule has 1 heterocycles. The van der Waals surface area contributed by atoms with Crippen LogP contribution in [0, 0.1) is 6.92 Å². The van der Waals surface area contributed by atoms with Crippen molar-refractivity contribution >= 4 is 40.2 Å². The molecule has 1 aromatic heterocycles. The van der Waals surface area contributed by atoms with Gasteiger partial charge in [-0.15, -0.1) is 0 Å². The van der Waals surface area contributed by atoms with Gasteiger partial charge in [0.15, 0.2) is 0 Å². The number of fused-ring (bicyclic) bond motifs is 1. The van der Waals surface area contributed by atoms with Crippen LogP contribution in [0.2, 0.25) is 5.02 Å². The summed E-state index contributed by atoms with van der Waals surface area (Å²) >= 11 is 5.67. The van der Waals surface area contributed by atoms with Gasteiger partial charge in [0.1, 0.15) is 5.75 Å². The molecule has 0 unspecified atom stereocenters. The van der Waals surface area contributed by atoms with E-state index in [-0.39, 0.29) is 17.9 Å². The van der Waals surface area contributed by atoms with Crippen molar-refractivity contribution in [3.05, 3.63) is 58.2 Å². The van der Waals surface area contributed by atoms with E-state index in [2.05, 4.69) is 0 Å². The number of carbonyl (C=O) groups is 1. The Kier molecular flexibility index (Phi) is 6.67. The van der Waals surface area contributed by atoms with E-state index in [0.717, 1.165) is 0 Å². The van der Waals surface area contributed by atoms with Crippen molar-refractivity contribution in [2.24, 2.45) is 0 Å². The number of alkyl halides is 5. The lowest BCUT2D eigenvalue weighted by Gasteiger charge is -2.18. The molecule has 0 fully saturated rings. The number of carboxylic acid groups (broad SMARTS) is 1. The first-order valence-corrected chi connectivity index (χ1v) is 10.3. The Morgan fingerprint density at radius 1 is 1.16 bits per heavy atom. The van der Waals surface area contributed by atoms with Gasteiger partial charge >= 0.3 is 17.4 Å². The van der Waals surface area contributed by atoms with Crippen LogP contribution in [0.3, 0.4) is 0 Å². The fraction of sp³-hybridized carbons (Fsp3) is 0.286. The molecule has 0 aliphatic rings. The summed E-state index contributed by atoms with van der Waals surface area (Å²) in [6.07, 6.45) is -5.89. The van der Waals surface area contributed by atoms with Gasteiger partial charge in [-0.25, -0.2) is 0 Å². The number of hydrogen-bond donors (Lipinski definition) is 1. The number of rotatable bonds is 7. The number of carboxylic acids is 1. The van der Waals surface area contributed by atoms with Gasteiger partial charge < -0.3 is 14.4 Å². The van der Waals surface area contributed by atoms with Crippen LogP contribution in [0.5, 0.6) is 5.75 Å². The third-order valence-electron chi connectivity index (χ3n) is 4.90. The van der Waals surface area contributed by atoms with E-state index in [1.165, 1.54) is 31.4 Å². The Labute approximate surface area is 188 Å². The number of benzene rings is 2. The van der Waals surface area contributed by atoms with Crippen LogP contribution in [0.25, 0.3) is 10.9 Å². The standard InChI is InChI=1S/C21H17ClF5NO3S/c1-11-14(8-19(29)30)15-7-18(31-2)16(22)9-17(15)28(11)10-12-3-5-13(6-4-12)32-21(26,27)20(23,24)25/h3-7,9H,8,10H2,1-2H3,(H,29,30). The molecule has 11 heteroatoms. The predicted molar refractivity (Wildman–Crippen MR) is 112 cm³/mol. The van der Waals surface area contributed by atoms with E-state index in [9.17, 15) is 31.9 Å². The summed E-state index contributed by atoms with van der Waals surface area (Å²) < 4.78 is 70.8. The summed E-state index contributed by atoms with van der Waals surface area (Å²) in [7, 11) is 1.44. The second-order valence-corrected chi connectivity index (χ2v) is 8.58. The highest BCUT2D eigenvalue weighted by Gasteiger charge is 2.58. The summed E-state index contributed by atoms with van der Waals surface area (Å²) in [5.74, 6) is -0.636. The van der Waals surface area contributed by atoms with Crippen LogP contribution in [0.4, 0.5) is 22.0 Å². The first-order chi connectivity index (χ1) is 14.8. The van der Waals surface area contributed by atoms with Gasteiger partial charge in [0.25, 0.3) is 0 Å². The van der Waals surface area contributed by atoms with E-state index in [0.29, 0.717) is 38.5 Å². The number of nitrogens with zero attached hydrogens (tertiary/aromatic N) is 1. The zero-order valence-corrected chi connectivity index (χ0v) is 18.3. The maximum Gasteiger partial charge on any atom is 0.464 e. The highest BCUT2D eigenvalue weighted by molar-refractivity contribution is 8.00. The summed E-state index contributed by atoms with van der Waals surface area (Å²) in [6.45, 7) is 1.97. The second-order valence-electron chi connectivity index (χ2n) is 6.99. The quantitative estimate of drug-likeness (QED) is 0.300. The molecule has 4 nitrogen and oxygen atoms in total. The summed E-state index contributed by atoms with van der Waals surface area (Å²) in [5.41, 5.74) is 2.50. The molecule has 3 aromatic rings. The topological polar surface area (TPSA) is 51.5 Å². The number of ether oxygens (including phenoxy) is 1. The molecule has 0 spiro atoms. The average Bonchev–Trinajstić information content (AvgIpc) is 2.92. The Morgan fingerprint density at radius 3 is 2.31 bits per heavy atom. The normalized spacial score (nSPS) is 12.4. The third kappa shape index (κ3) is 4.80. The summed E-state index contributed by atoms with van der Waals surface area (Å²) in [4.78, 5) is 11.1. The van der Waals surface area contributed by atoms with Gasteiger partial charge in [0.05, 0.1) is 24.1 Å². The van der Waals surface area contributed by atoms with Crippen molar-refractivity contribution in [1.82, 2.24) is 4.57 Å². The van der Waals surface area contributed by atoms with Crippen molar-refractivity contribution in [3.63, 3.8) is 0 Å². The smallest absolute Gasteiger partial charge is 0.464 e. The highest BCUT2D eigenvalue weighted by atomic mass is 35.5. The monoisotopic (exact) mass is 493 g/mol. The van der Waals surface area contributed by atoms with Gasteiger partial charge in [-0.2, -0.15) is 22.0 Å². The van der Waals surface area contributed by atoms with Gasteiger partial charge in [0.2, 0.25) is 0 Å². The van der Waals surface area contributed by atoms with Gasteiger partial charge in [0, 0.05) is 22.5 Å². The molecule has 0 bridgehead atoms. The first kappa shape index (κ1) is 24.2. The Balaban J connectivity index is 1.97.